The largest absolute Gasteiger partial charge is 0.314 e. The van der Waals surface area contributed by atoms with Gasteiger partial charge in [0.15, 0.2) is 0 Å². The minimum atomic E-state index is -0.451. The molecule has 118 valence electrons. The lowest BCUT2D eigenvalue weighted by atomic mass is 9.88. The first-order valence-corrected chi connectivity index (χ1v) is 8.43. The summed E-state index contributed by atoms with van der Waals surface area (Å²) in [6, 6.07) is 2.54. The predicted molar refractivity (Wildman–Crippen MR) is 85.3 cm³/mol. The first kappa shape index (κ1) is 16.8. The van der Waals surface area contributed by atoms with Crippen LogP contribution in [-0.4, -0.2) is 31.1 Å². The van der Waals surface area contributed by atoms with E-state index < -0.39 is 11.6 Å². The molecule has 0 bridgehead atoms. The summed E-state index contributed by atoms with van der Waals surface area (Å²) in [7, 11) is 0. The molecule has 2 rings (SSSR count). The van der Waals surface area contributed by atoms with Crippen molar-refractivity contribution in [3.63, 3.8) is 0 Å². The van der Waals surface area contributed by atoms with Crippen LogP contribution in [0.15, 0.2) is 16.6 Å². The second-order valence-electron chi connectivity index (χ2n) is 5.78. The number of nitrogens with one attached hydrogen (secondary N) is 1. The van der Waals surface area contributed by atoms with Gasteiger partial charge in [-0.15, -0.1) is 0 Å². The Kier molecular flexibility index (Phi) is 6.14. The van der Waals surface area contributed by atoms with E-state index in [9.17, 15) is 8.78 Å². The van der Waals surface area contributed by atoms with Crippen LogP contribution in [0.1, 0.15) is 38.3 Å². The third-order valence-electron chi connectivity index (χ3n) is 4.17. The highest BCUT2D eigenvalue weighted by Gasteiger charge is 2.31. The fourth-order valence-electron chi connectivity index (χ4n) is 3.24. The smallest absolute Gasteiger partial charge is 0.132 e. The molecule has 21 heavy (non-hydrogen) atoms. The van der Waals surface area contributed by atoms with Crippen molar-refractivity contribution in [1.29, 1.82) is 0 Å². The van der Waals surface area contributed by atoms with E-state index in [0.29, 0.717) is 4.47 Å². The molecule has 1 heterocycles. The molecule has 0 aromatic heterocycles. The first-order valence-electron chi connectivity index (χ1n) is 7.63. The summed E-state index contributed by atoms with van der Waals surface area (Å²) in [5.74, 6) is -0.681. The zero-order valence-corrected chi connectivity index (χ0v) is 14.2. The molecule has 0 spiro atoms. The fraction of sp³-hybridized carbons (Fsp3) is 0.625. The lowest BCUT2D eigenvalue weighted by Gasteiger charge is -2.39. The molecule has 1 aromatic rings. The van der Waals surface area contributed by atoms with Crippen LogP contribution >= 0.6 is 15.9 Å². The van der Waals surface area contributed by atoms with E-state index in [2.05, 4.69) is 40.0 Å². The molecule has 0 amide bonds. The second-order valence-corrected chi connectivity index (χ2v) is 6.70. The van der Waals surface area contributed by atoms with Crippen molar-refractivity contribution >= 4 is 15.9 Å². The van der Waals surface area contributed by atoms with Crippen LogP contribution in [0.4, 0.5) is 8.78 Å². The van der Waals surface area contributed by atoms with Crippen molar-refractivity contribution in [3.8, 4) is 0 Å². The number of hydrogen-bond donors (Lipinski definition) is 1. The molecule has 1 aliphatic heterocycles. The van der Waals surface area contributed by atoms with Crippen LogP contribution in [0.5, 0.6) is 0 Å². The van der Waals surface area contributed by atoms with Crippen LogP contribution in [0, 0.1) is 17.6 Å². The lowest BCUT2D eigenvalue weighted by Crippen LogP contribution is -2.47. The first-order chi connectivity index (χ1) is 10.0. The van der Waals surface area contributed by atoms with E-state index in [1.165, 1.54) is 12.1 Å². The monoisotopic (exact) mass is 360 g/mol. The van der Waals surface area contributed by atoms with E-state index in [4.69, 9.17) is 0 Å². The number of hydrogen-bond acceptors (Lipinski definition) is 2. The zero-order chi connectivity index (χ0) is 15.4. The Morgan fingerprint density at radius 1 is 1.24 bits per heavy atom. The van der Waals surface area contributed by atoms with Gasteiger partial charge in [-0.25, -0.2) is 8.78 Å². The average molecular weight is 361 g/mol. The van der Waals surface area contributed by atoms with Gasteiger partial charge in [0.2, 0.25) is 0 Å². The summed E-state index contributed by atoms with van der Waals surface area (Å²) >= 11 is 3.16. The van der Waals surface area contributed by atoms with Gasteiger partial charge in [0, 0.05) is 42.3 Å². The van der Waals surface area contributed by atoms with Crippen LogP contribution in [0.2, 0.25) is 0 Å². The minimum absolute atomic E-state index is 0.194. The quantitative estimate of drug-likeness (QED) is 0.849. The average Bonchev–Trinajstić information content (AvgIpc) is 2.43. The Bertz CT molecular complexity index is 452. The molecule has 2 atom stereocenters. The SMILES string of the molecule is CCCC(C)[C@@H](c1c(F)cc(Br)cc1F)N1CCNCC1. The molecule has 0 saturated carbocycles. The highest BCUT2D eigenvalue weighted by Crippen LogP contribution is 2.36. The predicted octanol–water partition coefficient (Wildman–Crippen LogP) is 4.11. The molecular weight excluding hydrogens is 338 g/mol. The number of nitrogens with zero attached hydrogens (tertiary/aromatic N) is 1. The Balaban J connectivity index is 2.38. The van der Waals surface area contributed by atoms with Gasteiger partial charge < -0.3 is 5.32 Å². The van der Waals surface area contributed by atoms with Gasteiger partial charge in [-0.2, -0.15) is 0 Å². The molecule has 0 radical (unpaired) electrons. The van der Waals surface area contributed by atoms with Crippen LogP contribution in [0.3, 0.4) is 0 Å². The Hall–Kier alpha value is -0.520. The van der Waals surface area contributed by atoms with Gasteiger partial charge in [-0.1, -0.05) is 36.2 Å². The second kappa shape index (κ2) is 7.65. The Morgan fingerprint density at radius 3 is 2.33 bits per heavy atom. The summed E-state index contributed by atoms with van der Waals surface area (Å²) in [5, 5.41) is 3.29. The maximum atomic E-state index is 14.4. The highest BCUT2D eigenvalue weighted by atomic mass is 79.9. The van der Waals surface area contributed by atoms with Crippen LogP contribution < -0.4 is 5.32 Å². The van der Waals surface area contributed by atoms with Gasteiger partial charge in [-0.3, -0.25) is 4.90 Å². The number of rotatable bonds is 5. The number of benzene rings is 1. The zero-order valence-electron chi connectivity index (χ0n) is 12.6. The number of piperazine rings is 1. The van der Waals surface area contributed by atoms with Crippen molar-refractivity contribution in [2.24, 2.45) is 5.92 Å². The van der Waals surface area contributed by atoms with E-state index in [-0.39, 0.29) is 17.5 Å². The summed E-state index contributed by atoms with van der Waals surface area (Å²) < 4.78 is 29.3. The number of halogens is 3. The van der Waals surface area contributed by atoms with E-state index in [1.807, 2.05) is 0 Å². The molecule has 1 aromatic carbocycles. The van der Waals surface area contributed by atoms with Crippen molar-refractivity contribution in [2.45, 2.75) is 32.7 Å². The summed E-state index contributed by atoms with van der Waals surface area (Å²) in [4.78, 5) is 2.21. The summed E-state index contributed by atoms with van der Waals surface area (Å²) in [5.41, 5.74) is 0.223. The van der Waals surface area contributed by atoms with E-state index >= 15 is 0 Å². The van der Waals surface area contributed by atoms with Gasteiger partial charge >= 0.3 is 0 Å². The molecule has 1 unspecified atom stereocenters. The van der Waals surface area contributed by atoms with Crippen molar-refractivity contribution in [2.75, 3.05) is 26.2 Å². The molecule has 1 N–H and O–H groups in total. The van der Waals surface area contributed by atoms with E-state index in [1.54, 1.807) is 0 Å². The molecule has 1 aliphatic rings. The lowest BCUT2D eigenvalue weighted by molar-refractivity contribution is 0.120. The van der Waals surface area contributed by atoms with Crippen molar-refractivity contribution in [1.82, 2.24) is 10.2 Å². The third kappa shape index (κ3) is 4.02. The fourth-order valence-corrected chi connectivity index (χ4v) is 3.64. The van der Waals surface area contributed by atoms with Crippen molar-refractivity contribution < 1.29 is 8.78 Å². The molecule has 0 aliphatic carbocycles. The maximum absolute atomic E-state index is 14.4. The topological polar surface area (TPSA) is 15.3 Å². The van der Waals surface area contributed by atoms with Gasteiger partial charge in [0.1, 0.15) is 11.6 Å². The van der Waals surface area contributed by atoms with Gasteiger partial charge in [0.05, 0.1) is 0 Å². The van der Waals surface area contributed by atoms with E-state index in [0.717, 1.165) is 39.0 Å². The standard InChI is InChI=1S/C16H23BrF2N2/c1-3-4-11(2)16(21-7-5-20-6-8-21)15-13(18)9-12(17)10-14(15)19/h9-11,16,20H,3-8H2,1-2H3/t11?,16-/m0/s1. The Labute approximate surface area is 134 Å². The maximum Gasteiger partial charge on any atom is 0.132 e. The van der Waals surface area contributed by atoms with Gasteiger partial charge in [-0.05, 0) is 24.5 Å². The Morgan fingerprint density at radius 2 is 1.81 bits per heavy atom. The summed E-state index contributed by atoms with van der Waals surface area (Å²) in [6.45, 7) is 7.60. The highest BCUT2D eigenvalue weighted by molar-refractivity contribution is 9.10. The molecule has 5 heteroatoms. The molecule has 1 fully saturated rings. The van der Waals surface area contributed by atoms with Gasteiger partial charge in [0.25, 0.3) is 0 Å². The molecular formula is C16H23BrF2N2. The van der Waals surface area contributed by atoms with Crippen LogP contribution in [0.25, 0.3) is 0 Å². The minimum Gasteiger partial charge on any atom is -0.314 e. The molecule has 1 saturated heterocycles. The third-order valence-corrected chi connectivity index (χ3v) is 4.63. The normalized spacial score (nSPS) is 19.5. The van der Waals surface area contributed by atoms with Crippen LogP contribution in [-0.2, 0) is 0 Å². The van der Waals surface area contributed by atoms with Crippen molar-refractivity contribution in [3.05, 3.63) is 33.8 Å². The molecule has 2 nitrogen and oxygen atoms in total. The summed E-state index contributed by atoms with van der Waals surface area (Å²) in [6.07, 6.45) is 1.98.